The number of aromatic nitrogens is 1. The zero-order valence-electron chi connectivity index (χ0n) is 9.73. The lowest BCUT2D eigenvalue weighted by molar-refractivity contribution is -0.143. The lowest BCUT2D eigenvalue weighted by atomic mass is 10.1. The van der Waals surface area contributed by atoms with Gasteiger partial charge in [-0.1, -0.05) is 19.8 Å². The largest absolute Gasteiger partial charge is 0.468 e. The molecule has 1 N–H and O–H groups in total. The molecule has 0 fully saturated rings. The Bertz CT molecular complexity index is 301. The number of nitrogens with one attached hydrogen (secondary N) is 1. The van der Waals surface area contributed by atoms with Crippen molar-refractivity contribution in [1.29, 1.82) is 0 Å². The Morgan fingerprint density at radius 3 is 3.06 bits per heavy atom. The van der Waals surface area contributed by atoms with E-state index < -0.39 is 0 Å². The van der Waals surface area contributed by atoms with Gasteiger partial charge in [0.2, 0.25) is 0 Å². The van der Waals surface area contributed by atoms with Crippen molar-refractivity contribution >= 4 is 17.3 Å². The number of methoxy groups -OCH3 is 1. The summed E-state index contributed by atoms with van der Waals surface area (Å²) in [6.45, 7) is 2.78. The van der Waals surface area contributed by atoms with Crippen molar-refractivity contribution in [1.82, 2.24) is 10.3 Å². The molecule has 0 saturated carbocycles. The number of rotatable bonds is 7. The standard InChI is InChI=1S/C11H18N2O2S/c1-3-4-5-10(11(14)15-2)13-7-9-6-12-8-16-9/h6,8,10,13H,3-5,7H2,1-2H3. The molecule has 0 bridgehead atoms. The maximum atomic E-state index is 11.5. The maximum Gasteiger partial charge on any atom is 0.322 e. The van der Waals surface area contributed by atoms with Crippen molar-refractivity contribution in [2.75, 3.05) is 7.11 Å². The van der Waals surface area contributed by atoms with Crippen LogP contribution in [0.5, 0.6) is 0 Å². The molecule has 1 heterocycles. The third kappa shape index (κ3) is 4.28. The van der Waals surface area contributed by atoms with E-state index in [2.05, 4.69) is 17.2 Å². The van der Waals surface area contributed by atoms with Crippen molar-refractivity contribution in [2.45, 2.75) is 38.8 Å². The summed E-state index contributed by atoms with van der Waals surface area (Å²) in [7, 11) is 1.43. The van der Waals surface area contributed by atoms with Crippen molar-refractivity contribution < 1.29 is 9.53 Å². The Morgan fingerprint density at radius 1 is 1.69 bits per heavy atom. The number of hydrogen-bond acceptors (Lipinski definition) is 5. The Kier molecular flexibility index (Phi) is 6.03. The third-order valence-electron chi connectivity index (χ3n) is 2.34. The summed E-state index contributed by atoms with van der Waals surface area (Å²) in [5.74, 6) is -0.182. The fourth-order valence-electron chi connectivity index (χ4n) is 1.41. The van der Waals surface area contributed by atoms with Crippen LogP contribution in [0, 0.1) is 0 Å². The molecule has 1 aromatic heterocycles. The lowest BCUT2D eigenvalue weighted by Gasteiger charge is -2.15. The molecule has 90 valence electrons. The second-order valence-electron chi connectivity index (χ2n) is 3.57. The van der Waals surface area contributed by atoms with Crippen LogP contribution in [-0.2, 0) is 16.1 Å². The van der Waals surface area contributed by atoms with Gasteiger partial charge in [-0.05, 0) is 6.42 Å². The minimum Gasteiger partial charge on any atom is -0.468 e. The molecule has 0 saturated heterocycles. The molecule has 1 aromatic rings. The first kappa shape index (κ1) is 13.1. The van der Waals surface area contributed by atoms with Crippen LogP contribution in [0.4, 0.5) is 0 Å². The minimum absolute atomic E-state index is 0.182. The van der Waals surface area contributed by atoms with Crippen molar-refractivity contribution in [3.05, 3.63) is 16.6 Å². The number of ether oxygens (including phenoxy) is 1. The highest BCUT2D eigenvalue weighted by Gasteiger charge is 2.17. The summed E-state index contributed by atoms with van der Waals surface area (Å²) in [6.07, 6.45) is 4.74. The number of carbonyl (C=O) groups is 1. The van der Waals surface area contributed by atoms with Gasteiger partial charge in [0.15, 0.2) is 0 Å². The molecule has 1 unspecified atom stereocenters. The minimum atomic E-state index is -0.202. The van der Waals surface area contributed by atoms with E-state index in [1.807, 2.05) is 6.20 Å². The van der Waals surface area contributed by atoms with Gasteiger partial charge in [-0.15, -0.1) is 11.3 Å². The highest BCUT2D eigenvalue weighted by atomic mass is 32.1. The summed E-state index contributed by atoms with van der Waals surface area (Å²) < 4.78 is 4.77. The van der Waals surface area contributed by atoms with Crippen LogP contribution < -0.4 is 5.32 Å². The zero-order valence-corrected chi connectivity index (χ0v) is 10.5. The van der Waals surface area contributed by atoms with Crippen LogP contribution in [0.15, 0.2) is 11.7 Å². The van der Waals surface area contributed by atoms with E-state index in [-0.39, 0.29) is 12.0 Å². The summed E-state index contributed by atoms with van der Waals surface area (Å²) >= 11 is 1.58. The van der Waals surface area contributed by atoms with Gasteiger partial charge in [-0.3, -0.25) is 15.1 Å². The van der Waals surface area contributed by atoms with Crippen LogP contribution in [-0.4, -0.2) is 24.1 Å². The predicted octanol–water partition coefficient (Wildman–Crippen LogP) is 1.96. The summed E-state index contributed by atoms with van der Waals surface area (Å²) in [6, 6.07) is -0.202. The van der Waals surface area contributed by atoms with Gasteiger partial charge < -0.3 is 4.74 Å². The van der Waals surface area contributed by atoms with Gasteiger partial charge in [0.25, 0.3) is 0 Å². The van der Waals surface area contributed by atoms with Crippen molar-refractivity contribution in [2.24, 2.45) is 0 Å². The first-order chi connectivity index (χ1) is 7.77. The van der Waals surface area contributed by atoms with Gasteiger partial charge in [-0.2, -0.15) is 0 Å². The number of carbonyl (C=O) groups excluding carboxylic acids is 1. The molecule has 16 heavy (non-hydrogen) atoms. The number of hydrogen-bond donors (Lipinski definition) is 1. The number of unbranched alkanes of at least 4 members (excludes halogenated alkanes) is 1. The van der Waals surface area contributed by atoms with E-state index in [4.69, 9.17) is 4.74 Å². The van der Waals surface area contributed by atoms with E-state index in [1.54, 1.807) is 16.8 Å². The Labute approximate surface area is 100 Å². The molecule has 1 rings (SSSR count). The summed E-state index contributed by atoms with van der Waals surface area (Å²) in [5, 5.41) is 3.20. The molecule has 5 heteroatoms. The monoisotopic (exact) mass is 242 g/mol. The predicted molar refractivity (Wildman–Crippen MR) is 64.3 cm³/mol. The van der Waals surface area contributed by atoms with E-state index in [1.165, 1.54) is 7.11 Å². The SMILES string of the molecule is CCCCC(NCc1cncs1)C(=O)OC. The highest BCUT2D eigenvalue weighted by molar-refractivity contribution is 7.09. The number of thiazole rings is 1. The second kappa shape index (κ2) is 7.35. The highest BCUT2D eigenvalue weighted by Crippen LogP contribution is 2.07. The fraction of sp³-hybridized carbons (Fsp3) is 0.636. The average molecular weight is 242 g/mol. The third-order valence-corrected chi connectivity index (χ3v) is 3.12. The molecule has 0 aliphatic heterocycles. The molecule has 4 nitrogen and oxygen atoms in total. The molecule has 0 aliphatic rings. The van der Waals surface area contributed by atoms with E-state index in [0.29, 0.717) is 6.54 Å². The normalized spacial score (nSPS) is 12.4. The molecule has 0 radical (unpaired) electrons. The van der Waals surface area contributed by atoms with Crippen molar-refractivity contribution in [3.8, 4) is 0 Å². The molecule has 0 amide bonds. The molecular formula is C11H18N2O2S. The van der Waals surface area contributed by atoms with Gasteiger partial charge in [0, 0.05) is 17.6 Å². The summed E-state index contributed by atoms with van der Waals surface area (Å²) in [4.78, 5) is 16.6. The van der Waals surface area contributed by atoms with E-state index in [9.17, 15) is 4.79 Å². The van der Waals surface area contributed by atoms with E-state index in [0.717, 1.165) is 24.1 Å². The van der Waals surface area contributed by atoms with Gasteiger partial charge >= 0.3 is 5.97 Å². The number of nitrogens with zero attached hydrogens (tertiary/aromatic N) is 1. The van der Waals surface area contributed by atoms with Gasteiger partial charge in [-0.25, -0.2) is 0 Å². The smallest absolute Gasteiger partial charge is 0.322 e. The molecule has 0 spiro atoms. The molecule has 1 atom stereocenters. The molecule has 0 aliphatic carbocycles. The Balaban J connectivity index is 2.40. The van der Waals surface area contributed by atoms with Gasteiger partial charge in [0.1, 0.15) is 6.04 Å². The average Bonchev–Trinajstić information content (AvgIpc) is 2.81. The zero-order chi connectivity index (χ0) is 11.8. The molecular weight excluding hydrogens is 224 g/mol. The van der Waals surface area contributed by atoms with Crippen LogP contribution in [0.25, 0.3) is 0 Å². The maximum absolute atomic E-state index is 11.5. The Hall–Kier alpha value is -0.940. The summed E-state index contributed by atoms with van der Waals surface area (Å²) in [5.41, 5.74) is 1.79. The van der Waals surface area contributed by atoms with E-state index >= 15 is 0 Å². The second-order valence-corrected chi connectivity index (χ2v) is 4.54. The van der Waals surface area contributed by atoms with Gasteiger partial charge in [0.05, 0.1) is 12.6 Å². The quantitative estimate of drug-likeness (QED) is 0.743. The Morgan fingerprint density at radius 2 is 2.50 bits per heavy atom. The fourth-order valence-corrected chi connectivity index (χ4v) is 1.95. The first-order valence-corrected chi connectivity index (χ1v) is 6.34. The van der Waals surface area contributed by atoms with Crippen LogP contribution in [0.3, 0.4) is 0 Å². The topological polar surface area (TPSA) is 51.2 Å². The van der Waals surface area contributed by atoms with Crippen molar-refractivity contribution in [3.63, 3.8) is 0 Å². The number of esters is 1. The van der Waals surface area contributed by atoms with Crippen LogP contribution >= 0.6 is 11.3 Å². The first-order valence-electron chi connectivity index (χ1n) is 5.46. The molecule has 0 aromatic carbocycles. The lowest BCUT2D eigenvalue weighted by Crippen LogP contribution is -2.36. The van der Waals surface area contributed by atoms with Crippen LogP contribution in [0.1, 0.15) is 31.1 Å². The van der Waals surface area contributed by atoms with Crippen LogP contribution in [0.2, 0.25) is 0 Å².